The summed E-state index contributed by atoms with van der Waals surface area (Å²) in [5, 5.41) is 0. The van der Waals surface area contributed by atoms with Gasteiger partial charge in [0.2, 0.25) is 0 Å². The molecule has 0 fully saturated rings. The minimum Gasteiger partial charge on any atom is -0.293 e. The van der Waals surface area contributed by atoms with Crippen LogP contribution in [0.2, 0.25) is 0 Å². The van der Waals surface area contributed by atoms with E-state index < -0.39 is 0 Å². The topological polar surface area (TPSA) is 12.4 Å². The first-order valence-corrected chi connectivity index (χ1v) is 3.74. The first-order chi connectivity index (χ1) is 4.88. The number of hydrogen-bond acceptors (Lipinski definition) is 1. The fraction of sp³-hybridized carbons (Fsp3) is 0.444. The second-order valence-corrected chi connectivity index (χ2v) is 2.94. The molecule has 0 aromatic carbocycles. The number of nitrogens with zero attached hydrogens (tertiary/aromatic N) is 1. The Morgan fingerprint density at radius 2 is 2.20 bits per heavy atom. The summed E-state index contributed by atoms with van der Waals surface area (Å²) >= 11 is 0. The molecule has 0 spiro atoms. The molecular weight excluding hydrogens is 122 g/mol. The standard InChI is InChI=1S/C9H11N/c1-7-9-5-3-2-4-8(9)6-10-7/h2-5,8-9H,6H2,1H3. The van der Waals surface area contributed by atoms with E-state index in [0.29, 0.717) is 11.8 Å². The molecule has 1 nitrogen and oxygen atoms in total. The molecular formula is C9H11N. The maximum Gasteiger partial charge on any atom is 0.0461 e. The highest BCUT2D eigenvalue weighted by Crippen LogP contribution is 2.26. The summed E-state index contributed by atoms with van der Waals surface area (Å²) in [5.74, 6) is 1.29. The van der Waals surface area contributed by atoms with Gasteiger partial charge in [0.15, 0.2) is 0 Å². The molecule has 0 saturated heterocycles. The van der Waals surface area contributed by atoms with Crippen molar-refractivity contribution in [1.82, 2.24) is 0 Å². The maximum atomic E-state index is 4.39. The van der Waals surface area contributed by atoms with Crippen LogP contribution in [-0.4, -0.2) is 12.3 Å². The van der Waals surface area contributed by atoms with E-state index in [1.54, 1.807) is 0 Å². The predicted molar refractivity (Wildman–Crippen MR) is 43.2 cm³/mol. The molecule has 0 aromatic rings. The molecule has 10 heavy (non-hydrogen) atoms. The maximum absolute atomic E-state index is 4.39. The highest BCUT2D eigenvalue weighted by atomic mass is 14.8. The third-order valence-electron chi connectivity index (χ3n) is 2.28. The van der Waals surface area contributed by atoms with E-state index in [0.717, 1.165) is 6.54 Å². The van der Waals surface area contributed by atoms with Crippen LogP contribution >= 0.6 is 0 Å². The minimum absolute atomic E-state index is 0.616. The van der Waals surface area contributed by atoms with Crippen molar-refractivity contribution >= 4 is 5.71 Å². The highest BCUT2D eigenvalue weighted by molar-refractivity contribution is 5.88. The van der Waals surface area contributed by atoms with E-state index in [-0.39, 0.29) is 0 Å². The van der Waals surface area contributed by atoms with Crippen molar-refractivity contribution in [2.75, 3.05) is 6.54 Å². The lowest BCUT2D eigenvalue weighted by molar-refractivity contribution is 0.633. The second kappa shape index (κ2) is 2.08. The Morgan fingerprint density at radius 3 is 3.00 bits per heavy atom. The van der Waals surface area contributed by atoms with Gasteiger partial charge in [0.25, 0.3) is 0 Å². The molecule has 0 N–H and O–H groups in total. The van der Waals surface area contributed by atoms with Gasteiger partial charge >= 0.3 is 0 Å². The van der Waals surface area contributed by atoms with Crippen molar-refractivity contribution < 1.29 is 0 Å². The predicted octanol–water partition coefficient (Wildman–Crippen LogP) is 1.82. The van der Waals surface area contributed by atoms with Gasteiger partial charge in [-0.1, -0.05) is 24.3 Å². The number of fused-ring (bicyclic) bond motifs is 1. The van der Waals surface area contributed by atoms with Crippen molar-refractivity contribution in [3.8, 4) is 0 Å². The molecule has 1 aliphatic carbocycles. The van der Waals surface area contributed by atoms with E-state index in [2.05, 4.69) is 36.2 Å². The van der Waals surface area contributed by atoms with Crippen LogP contribution in [0.5, 0.6) is 0 Å². The van der Waals surface area contributed by atoms with Gasteiger partial charge in [0.1, 0.15) is 0 Å². The Labute approximate surface area is 61.2 Å². The molecule has 0 amide bonds. The monoisotopic (exact) mass is 133 g/mol. The summed E-state index contributed by atoms with van der Waals surface area (Å²) in [6.07, 6.45) is 8.74. The van der Waals surface area contributed by atoms with Crippen molar-refractivity contribution in [3.05, 3.63) is 24.3 Å². The van der Waals surface area contributed by atoms with Gasteiger partial charge in [-0.3, -0.25) is 4.99 Å². The lowest BCUT2D eigenvalue weighted by Gasteiger charge is -2.14. The van der Waals surface area contributed by atoms with E-state index >= 15 is 0 Å². The zero-order valence-electron chi connectivity index (χ0n) is 6.12. The molecule has 1 heterocycles. The summed E-state index contributed by atoms with van der Waals surface area (Å²) in [7, 11) is 0. The molecule has 1 aliphatic heterocycles. The van der Waals surface area contributed by atoms with E-state index in [1.165, 1.54) is 5.71 Å². The smallest absolute Gasteiger partial charge is 0.0461 e. The highest BCUT2D eigenvalue weighted by Gasteiger charge is 2.25. The normalized spacial score (nSPS) is 35.9. The third-order valence-corrected chi connectivity index (χ3v) is 2.28. The van der Waals surface area contributed by atoms with Crippen LogP contribution in [0.15, 0.2) is 29.3 Å². The Bertz CT molecular complexity index is 223. The third kappa shape index (κ3) is 0.737. The lowest BCUT2D eigenvalue weighted by atomic mass is 9.88. The number of allylic oxidation sites excluding steroid dienone is 3. The Hall–Kier alpha value is -0.850. The van der Waals surface area contributed by atoms with Crippen molar-refractivity contribution in [2.24, 2.45) is 16.8 Å². The van der Waals surface area contributed by atoms with E-state index in [1.807, 2.05) is 0 Å². The van der Waals surface area contributed by atoms with Crippen LogP contribution in [0.25, 0.3) is 0 Å². The van der Waals surface area contributed by atoms with E-state index in [9.17, 15) is 0 Å². The first kappa shape index (κ1) is 5.90. The van der Waals surface area contributed by atoms with Gasteiger partial charge in [0.05, 0.1) is 0 Å². The van der Waals surface area contributed by atoms with Gasteiger partial charge in [-0.15, -0.1) is 0 Å². The van der Waals surface area contributed by atoms with Gasteiger partial charge < -0.3 is 0 Å². The molecule has 2 atom stereocenters. The molecule has 0 saturated carbocycles. The van der Waals surface area contributed by atoms with Crippen molar-refractivity contribution in [1.29, 1.82) is 0 Å². The fourth-order valence-corrected chi connectivity index (χ4v) is 1.63. The molecule has 52 valence electrons. The Balaban J connectivity index is 2.27. The van der Waals surface area contributed by atoms with Gasteiger partial charge in [-0.2, -0.15) is 0 Å². The summed E-state index contributed by atoms with van der Waals surface area (Å²) in [6, 6.07) is 0. The number of hydrogen-bond donors (Lipinski definition) is 0. The summed E-state index contributed by atoms with van der Waals surface area (Å²) in [6.45, 7) is 3.12. The molecule has 2 rings (SSSR count). The van der Waals surface area contributed by atoms with Crippen LogP contribution < -0.4 is 0 Å². The lowest BCUT2D eigenvalue weighted by Crippen LogP contribution is -2.14. The van der Waals surface area contributed by atoms with Crippen LogP contribution in [0.4, 0.5) is 0 Å². The molecule has 1 heteroatoms. The average molecular weight is 133 g/mol. The average Bonchev–Trinajstić information content (AvgIpc) is 2.34. The second-order valence-electron chi connectivity index (χ2n) is 2.94. The van der Waals surface area contributed by atoms with Crippen molar-refractivity contribution in [3.63, 3.8) is 0 Å². The molecule has 0 aromatic heterocycles. The Morgan fingerprint density at radius 1 is 1.40 bits per heavy atom. The fourth-order valence-electron chi connectivity index (χ4n) is 1.63. The summed E-state index contributed by atoms with van der Waals surface area (Å²) in [5.41, 5.74) is 1.30. The number of rotatable bonds is 0. The van der Waals surface area contributed by atoms with Gasteiger partial charge in [0, 0.05) is 24.1 Å². The van der Waals surface area contributed by atoms with Crippen molar-refractivity contribution in [2.45, 2.75) is 6.92 Å². The SMILES string of the molecule is CC1=NCC2C=CC=CC12. The summed E-state index contributed by atoms with van der Waals surface area (Å²) in [4.78, 5) is 4.39. The van der Waals surface area contributed by atoms with Gasteiger partial charge in [-0.25, -0.2) is 0 Å². The molecule has 2 aliphatic rings. The van der Waals surface area contributed by atoms with Crippen LogP contribution in [0, 0.1) is 11.8 Å². The minimum atomic E-state index is 0.616. The van der Waals surface area contributed by atoms with Crippen LogP contribution in [-0.2, 0) is 0 Å². The first-order valence-electron chi connectivity index (χ1n) is 3.74. The van der Waals surface area contributed by atoms with Crippen LogP contribution in [0.1, 0.15) is 6.92 Å². The largest absolute Gasteiger partial charge is 0.293 e. The quantitative estimate of drug-likeness (QED) is 0.478. The van der Waals surface area contributed by atoms with Gasteiger partial charge in [-0.05, 0) is 6.92 Å². The zero-order chi connectivity index (χ0) is 6.97. The number of aliphatic imine (C=N–C) groups is 1. The van der Waals surface area contributed by atoms with E-state index in [4.69, 9.17) is 0 Å². The summed E-state index contributed by atoms with van der Waals surface area (Å²) < 4.78 is 0. The zero-order valence-corrected chi connectivity index (χ0v) is 6.12. The molecule has 0 bridgehead atoms. The Kier molecular flexibility index (Phi) is 1.23. The molecule has 2 unspecified atom stereocenters. The van der Waals surface area contributed by atoms with Crippen LogP contribution in [0.3, 0.4) is 0 Å². The molecule has 0 radical (unpaired) electrons.